The predicted octanol–water partition coefficient (Wildman–Crippen LogP) is 3.59. The molecule has 0 spiro atoms. The van der Waals surface area contributed by atoms with Gasteiger partial charge in [-0.25, -0.2) is 10.9 Å². The van der Waals surface area contributed by atoms with Crippen LogP contribution in [0.4, 0.5) is 0 Å². The minimum atomic E-state index is -0.303. The van der Waals surface area contributed by atoms with Gasteiger partial charge < -0.3 is 0 Å². The fraction of sp³-hybridized carbons (Fsp3) is 0.333. The second-order valence-corrected chi connectivity index (χ2v) is 8.36. The van der Waals surface area contributed by atoms with Crippen molar-refractivity contribution in [2.75, 3.05) is 0 Å². The molecule has 8 heteroatoms. The first-order valence-corrected chi connectivity index (χ1v) is 9.78. The van der Waals surface area contributed by atoms with Crippen LogP contribution in [0.2, 0.25) is 0 Å². The monoisotopic (exact) mass is 390 g/mol. The lowest BCUT2D eigenvalue weighted by Gasteiger charge is -2.02. The smallest absolute Gasteiger partial charge is 0.240 e. The number of amides is 2. The van der Waals surface area contributed by atoms with Crippen molar-refractivity contribution in [1.82, 2.24) is 10.9 Å². The van der Waals surface area contributed by atoms with Gasteiger partial charge in [0.05, 0.1) is 21.2 Å². The average molecular weight is 391 g/mol. The third-order valence-corrected chi connectivity index (χ3v) is 5.69. The van der Waals surface area contributed by atoms with Crippen molar-refractivity contribution < 1.29 is 9.59 Å². The van der Waals surface area contributed by atoms with Crippen molar-refractivity contribution in [1.29, 1.82) is 0 Å². The summed E-state index contributed by atoms with van der Waals surface area (Å²) in [6.07, 6.45) is 0.109. The van der Waals surface area contributed by atoms with E-state index in [9.17, 15) is 9.59 Å². The molecule has 0 saturated carbocycles. The van der Waals surface area contributed by atoms with Gasteiger partial charge in [0.15, 0.2) is 0 Å². The Hall–Kier alpha value is -2.32. The van der Waals surface area contributed by atoms with Gasteiger partial charge in [0.25, 0.3) is 0 Å². The van der Waals surface area contributed by atoms with E-state index in [1.54, 1.807) is 22.7 Å². The molecule has 0 aliphatic carbocycles. The van der Waals surface area contributed by atoms with Gasteiger partial charge >= 0.3 is 0 Å². The molecule has 2 amide bonds. The summed E-state index contributed by atoms with van der Waals surface area (Å²) in [7, 11) is 0. The zero-order chi connectivity index (χ0) is 19.1. The van der Waals surface area contributed by atoms with Crippen LogP contribution in [-0.2, 0) is 9.59 Å². The minimum Gasteiger partial charge on any atom is -0.273 e. The fourth-order valence-electron chi connectivity index (χ4n) is 2.00. The van der Waals surface area contributed by atoms with Crippen LogP contribution in [0.5, 0.6) is 0 Å². The van der Waals surface area contributed by atoms with E-state index in [2.05, 4.69) is 21.1 Å². The standard InChI is InChI=1S/C18H22N4O2S2/c1-11-5-7-15(25-11)13(3)19-21-17(23)9-10-18(24)22-20-14(4)16-8-6-12(2)26-16/h5-8H,9-10H2,1-4H3,(H,21,23)(H,22,24). The Labute approximate surface area is 161 Å². The van der Waals surface area contributed by atoms with Gasteiger partial charge in [0, 0.05) is 22.6 Å². The Balaban J connectivity index is 1.75. The minimum absolute atomic E-state index is 0.0543. The summed E-state index contributed by atoms with van der Waals surface area (Å²) in [5.41, 5.74) is 6.45. The molecule has 0 fully saturated rings. The number of nitrogens with one attached hydrogen (secondary N) is 2. The highest BCUT2D eigenvalue weighted by Crippen LogP contribution is 2.16. The molecule has 6 nitrogen and oxygen atoms in total. The van der Waals surface area contributed by atoms with E-state index in [1.165, 1.54) is 9.75 Å². The molecule has 0 unspecified atom stereocenters. The largest absolute Gasteiger partial charge is 0.273 e. The van der Waals surface area contributed by atoms with E-state index in [-0.39, 0.29) is 24.7 Å². The number of nitrogens with zero attached hydrogens (tertiary/aromatic N) is 2. The van der Waals surface area contributed by atoms with E-state index in [0.29, 0.717) is 0 Å². The third kappa shape index (κ3) is 6.20. The molecule has 0 saturated heterocycles. The maximum absolute atomic E-state index is 11.8. The maximum atomic E-state index is 11.8. The van der Waals surface area contributed by atoms with Gasteiger partial charge in [-0.3, -0.25) is 9.59 Å². The molecular weight excluding hydrogens is 368 g/mol. The van der Waals surface area contributed by atoms with Gasteiger partial charge in [-0.05, 0) is 52.0 Å². The molecule has 2 heterocycles. The number of hydrogen-bond acceptors (Lipinski definition) is 6. The first-order chi connectivity index (χ1) is 12.3. The summed E-state index contributed by atoms with van der Waals surface area (Å²) in [6.45, 7) is 7.70. The topological polar surface area (TPSA) is 82.9 Å². The van der Waals surface area contributed by atoms with Crippen molar-refractivity contribution in [2.45, 2.75) is 40.5 Å². The van der Waals surface area contributed by atoms with Gasteiger partial charge in [-0.15, -0.1) is 22.7 Å². The average Bonchev–Trinajstić information content (AvgIpc) is 3.24. The Morgan fingerprint density at radius 2 is 1.19 bits per heavy atom. The highest BCUT2D eigenvalue weighted by Gasteiger charge is 2.08. The number of rotatable bonds is 7. The summed E-state index contributed by atoms with van der Waals surface area (Å²) in [4.78, 5) is 28.0. The van der Waals surface area contributed by atoms with E-state index in [1.807, 2.05) is 52.0 Å². The quantitative estimate of drug-likeness (QED) is 0.559. The van der Waals surface area contributed by atoms with Crippen LogP contribution in [0.15, 0.2) is 34.5 Å². The molecular formula is C18H22N4O2S2. The summed E-state index contributed by atoms with van der Waals surface area (Å²) in [6, 6.07) is 7.94. The second kappa shape index (κ2) is 9.40. The molecule has 138 valence electrons. The maximum Gasteiger partial charge on any atom is 0.240 e. The highest BCUT2D eigenvalue weighted by atomic mass is 32.1. The molecule has 2 N–H and O–H groups in total. The zero-order valence-corrected chi connectivity index (χ0v) is 16.9. The van der Waals surface area contributed by atoms with Crippen LogP contribution in [0, 0.1) is 13.8 Å². The van der Waals surface area contributed by atoms with E-state index < -0.39 is 0 Å². The lowest BCUT2D eigenvalue weighted by Crippen LogP contribution is -2.24. The molecule has 0 bridgehead atoms. The lowest BCUT2D eigenvalue weighted by atomic mass is 10.3. The molecule has 0 aliphatic rings. The Kier molecular flexibility index (Phi) is 7.23. The number of hydrazone groups is 2. The summed E-state index contributed by atoms with van der Waals surface area (Å²) in [5, 5.41) is 8.14. The van der Waals surface area contributed by atoms with E-state index >= 15 is 0 Å². The van der Waals surface area contributed by atoms with Crippen molar-refractivity contribution in [3.63, 3.8) is 0 Å². The van der Waals surface area contributed by atoms with Gasteiger partial charge in [0.2, 0.25) is 11.8 Å². The molecule has 2 aromatic rings. The van der Waals surface area contributed by atoms with Crippen LogP contribution in [0.25, 0.3) is 0 Å². The Morgan fingerprint density at radius 1 is 0.808 bits per heavy atom. The number of aryl methyl sites for hydroxylation is 2. The summed E-state index contributed by atoms with van der Waals surface area (Å²) in [5.74, 6) is -0.607. The highest BCUT2D eigenvalue weighted by molar-refractivity contribution is 7.14. The first kappa shape index (κ1) is 20.0. The van der Waals surface area contributed by atoms with E-state index in [4.69, 9.17) is 0 Å². The van der Waals surface area contributed by atoms with Crippen LogP contribution in [0.1, 0.15) is 46.2 Å². The second-order valence-electron chi connectivity index (χ2n) is 5.78. The van der Waals surface area contributed by atoms with Gasteiger partial charge in [0.1, 0.15) is 0 Å². The molecule has 2 aromatic heterocycles. The molecule has 26 heavy (non-hydrogen) atoms. The molecule has 0 atom stereocenters. The number of hydrogen-bond donors (Lipinski definition) is 2. The summed E-state index contributed by atoms with van der Waals surface area (Å²) >= 11 is 3.23. The normalized spacial score (nSPS) is 12.2. The van der Waals surface area contributed by atoms with Gasteiger partial charge in [-0.2, -0.15) is 10.2 Å². The number of carbonyl (C=O) groups is 2. The van der Waals surface area contributed by atoms with Crippen molar-refractivity contribution in [3.05, 3.63) is 43.8 Å². The molecule has 0 aromatic carbocycles. The van der Waals surface area contributed by atoms with Gasteiger partial charge in [-0.1, -0.05) is 0 Å². The summed E-state index contributed by atoms with van der Waals surface area (Å²) < 4.78 is 0. The Bertz CT molecular complexity index is 779. The zero-order valence-electron chi connectivity index (χ0n) is 15.3. The lowest BCUT2D eigenvalue weighted by molar-refractivity contribution is -0.126. The predicted molar refractivity (Wildman–Crippen MR) is 108 cm³/mol. The van der Waals surface area contributed by atoms with Crippen molar-refractivity contribution >= 4 is 45.9 Å². The SMILES string of the molecule is CC(=NNC(=O)CCC(=O)NN=C(C)c1ccc(C)s1)c1ccc(C)s1. The van der Waals surface area contributed by atoms with Crippen LogP contribution >= 0.6 is 22.7 Å². The van der Waals surface area contributed by atoms with Crippen molar-refractivity contribution in [2.24, 2.45) is 10.2 Å². The van der Waals surface area contributed by atoms with Crippen LogP contribution < -0.4 is 10.9 Å². The van der Waals surface area contributed by atoms with Crippen LogP contribution in [-0.4, -0.2) is 23.2 Å². The van der Waals surface area contributed by atoms with Crippen molar-refractivity contribution in [3.8, 4) is 0 Å². The number of carbonyl (C=O) groups excluding carboxylic acids is 2. The molecule has 2 rings (SSSR count). The third-order valence-electron chi connectivity index (χ3n) is 3.47. The van der Waals surface area contributed by atoms with E-state index in [0.717, 1.165) is 21.2 Å². The first-order valence-electron chi connectivity index (χ1n) is 8.15. The molecule has 0 radical (unpaired) electrons. The molecule has 0 aliphatic heterocycles. The van der Waals surface area contributed by atoms with Crippen LogP contribution in [0.3, 0.4) is 0 Å². The fourth-order valence-corrected chi connectivity index (χ4v) is 3.62. The number of thiophene rings is 2. The Morgan fingerprint density at radius 3 is 1.50 bits per heavy atom.